The van der Waals surface area contributed by atoms with E-state index in [1.807, 2.05) is 0 Å². The maximum Gasteiger partial charge on any atom is 0.399 e. The van der Waals surface area contributed by atoms with Gasteiger partial charge in [0.15, 0.2) is 0 Å². The molecule has 9 heteroatoms. The molecule has 1 atom stereocenters. The van der Waals surface area contributed by atoms with Gasteiger partial charge in [0.25, 0.3) is 0 Å². The first kappa shape index (κ1) is 21.4. The molecule has 0 bridgehead atoms. The van der Waals surface area contributed by atoms with Gasteiger partial charge in [0.05, 0.1) is 19.0 Å². The van der Waals surface area contributed by atoms with Crippen molar-refractivity contribution >= 4 is 0 Å². The number of aromatic amines is 1. The average Bonchev–Trinajstić information content (AvgIpc) is 3.27. The molecule has 0 saturated heterocycles. The lowest BCUT2D eigenvalue weighted by molar-refractivity contribution is -0.141. The third-order valence-electron chi connectivity index (χ3n) is 4.93. The summed E-state index contributed by atoms with van der Waals surface area (Å²) in [5.41, 5.74) is 1.63. The molecule has 4 aromatic rings. The Morgan fingerprint density at radius 3 is 2.44 bits per heavy atom. The summed E-state index contributed by atoms with van der Waals surface area (Å²) in [6, 6.07) is 13.0. The van der Waals surface area contributed by atoms with Gasteiger partial charge in [0.2, 0.25) is 0 Å². The van der Waals surface area contributed by atoms with Crippen molar-refractivity contribution in [2.24, 2.45) is 0 Å². The summed E-state index contributed by atoms with van der Waals surface area (Å²) in [5, 5.41) is 6.59. The molecule has 4 rings (SSSR count). The fourth-order valence-corrected chi connectivity index (χ4v) is 3.43. The highest BCUT2D eigenvalue weighted by molar-refractivity contribution is 5.65. The molecule has 0 aliphatic rings. The van der Waals surface area contributed by atoms with E-state index in [2.05, 4.69) is 20.2 Å². The van der Waals surface area contributed by atoms with E-state index in [-0.39, 0.29) is 17.7 Å². The monoisotopic (exact) mass is 440 g/mol. The zero-order chi connectivity index (χ0) is 22.6. The smallest absolute Gasteiger partial charge is 0.399 e. The van der Waals surface area contributed by atoms with Crippen LogP contribution in [0.1, 0.15) is 22.7 Å². The Labute approximate surface area is 182 Å². The van der Waals surface area contributed by atoms with Gasteiger partial charge in [-0.05, 0) is 54.1 Å². The molecule has 1 unspecified atom stereocenters. The minimum Gasteiger partial charge on any atom is -0.495 e. The average molecular weight is 440 g/mol. The number of nitrogens with zero attached hydrogens (tertiary/aromatic N) is 3. The van der Waals surface area contributed by atoms with E-state index in [0.717, 1.165) is 0 Å². The second-order valence-electron chi connectivity index (χ2n) is 6.92. The Morgan fingerprint density at radius 1 is 1.00 bits per heavy atom. The van der Waals surface area contributed by atoms with Crippen LogP contribution in [0, 0.1) is 0 Å². The Bertz CT molecular complexity index is 1160. The van der Waals surface area contributed by atoms with Crippen LogP contribution in [0.15, 0.2) is 73.3 Å². The number of H-pyrrole nitrogens is 1. The molecule has 0 fully saturated rings. The number of rotatable bonds is 7. The van der Waals surface area contributed by atoms with Crippen LogP contribution in [0.3, 0.4) is 0 Å². The maximum absolute atomic E-state index is 14.0. The Kier molecular flexibility index (Phi) is 6.07. The summed E-state index contributed by atoms with van der Waals surface area (Å²) >= 11 is 0. The molecular weight excluding hydrogens is 421 g/mol. The summed E-state index contributed by atoms with van der Waals surface area (Å²) in [7, 11) is 1.55. The fourth-order valence-electron chi connectivity index (χ4n) is 3.43. The molecule has 0 aliphatic heterocycles. The van der Waals surface area contributed by atoms with E-state index in [9.17, 15) is 13.2 Å². The van der Waals surface area contributed by atoms with Crippen LogP contribution in [-0.2, 0) is 6.61 Å². The minimum atomic E-state index is -4.50. The summed E-state index contributed by atoms with van der Waals surface area (Å²) in [6.07, 6.45) is 1.05. The first-order chi connectivity index (χ1) is 15.5. The molecule has 164 valence electrons. The van der Waals surface area contributed by atoms with Crippen LogP contribution in [-0.4, -0.2) is 33.5 Å². The molecule has 0 saturated carbocycles. The van der Waals surface area contributed by atoms with E-state index in [4.69, 9.17) is 9.47 Å². The van der Waals surface area contributed by atoms with Gasteiger partial charge in [-0.1, -0.05) is 0 Å². The van der Waals surface area contributed by atoms with E-state index < -0.39 is 12.1 Å². The van der Waals surface area contributed by atoms with Gasteiger partial charge in [0.1, 0.15) is 29.7 Å². The van der Waals surface area contributed by atoms with Gasteiger partial charge in [-0.25, -0.2) is 0 Å². The molecular formula is C23H19F3N4O2. The third kappa shape index (κ3) is 4.56. The zero-order valence-electron chi connectivity index (χ0n) is 17.0. The molecule has 6 nitrogen and oxygen atoms in total. The SMILES string of the molecule is COc1cccnc1COc1ccc(-c2[nH]ncc2C(c2ccncc2)C(F)(F)F)cc1. The van der Waals surface area contributed by atoms with Crippen LogP contribution >= 0.6 is 0 Å². The van der Waals surface area contributed by atoms with Crippen molar-refractivity contribution in [3.63, 3.8) is 0 Å². The van der Waals surface area contributed by atoms with E-state index in [1.54, 1.807) is 49.7 Å². The number of nitrogens with one attached hydrogen (secondary N) is 1. The molecule has 3 aromatic heterocycles. The predicted molar refractivity (Wildman–Crippen MR) is 111 cm³/mol. The van der Waals surface area contributed by atoms with Gasteiger partial charge in [-0.2, -0.15) is 18.3 Å². The zero-order valence-corrected chi connectivity index (χ0v) is 17.0. The first-order valence-electron chi connectivity index (χ1n) is 9.68. The largest absolute Gasteiger partial charge is 0.495 e. The fraction of sp³-hybridized carbons (Fsp3) is 0.174. The van der Waals surface area contributed by atoms with Gasteiger partial charge in [0, 0.05) is 29.7 Å². The Morgan fingerprint density at radius 2 is 1.75 bits per heavy atom. The van der Waals surface area contributed by atoms with E-state index in [0.29, 0.717) is 28.5 Å². The molecule has 0 amide bonds. The molecule has 32 heavy (non-hydrogen) atoms. The minimum absolute atomic E-state index is 0.0376. The van der Waals surface area contributed by atoms with E-state index in [1.165, 1.54) is 30.7 Å². The molecule has 1 N–H and O–H groups in total. The predicted octanol–water partition coefficient (Wildman–Crippen LogP) is 5.15. The summed E-state index contributed by atoms with van der Waals surface area (Å²) < 4.78 is 52.9. The number of pyridine rings is 2. The number of methoxy groups -OCH3 is 1. The summed E-state index contributed by atoms with van der Waals surface area (Å²) in [6.45, 7) is 0.191. The Hall–Kier alpha value is -3.88. The van der Waals surface area contributed by atoms with Crippen molar-refractivity contribution in [3.8, 4) is 22.8 Å². The molecule has 0 radical (unpaired) electrons. The van der Waals surface area contributed by atoms with Crippen molar-refractivity contribution in [2.75, 3.05) is 7.11 Å². The number of halogens is 3. The van der Waals surface area contributed by atoms with Crippen LogP contribution in [0.4, 0.5) is 13.2 Å². The number of hydrogen-bond donors (Lipinski definition) is 1. The van der Waals surface area contributed by atoms with Crippen LogP contribution in [0.2, 0.25) is 0 Å². The van der Waals surface area contributed by atoms with Crippen molar-refractivity contribution in [2.45, 2.75) is 18.7 Å². The maximum atomic E-state index is 14.0. The lowest BCUT2D eigenvalue weighted by Crippen LogP contribution is -2.22. The van der Waals surface area contributed by atoms with Gasteiger partial charge < -0.3 is 9.47 Å². The lowest BCUT2D eigenvalue weighted by Gasteiger charge is -2.21. The third-order valence-corrected chi connectivity index (χ3v) is 4.93. The quantitative estimate of drug-likeness (QED) is 0.430. The highest BCUT2D eigenvalue weighted by atomic mass is 19.4. The number of aromatic nitrogens is 4. The van der Waals surface area contributed by atoms with Crippen molar-refractivity contribution in [3.05, 3.63) is 90.1 Å². The van der Waals surface area contributed by atoms with Crippen LogP contribution in [0.25, 0.3) is 11.3 Å². The molecule has 3 heterocycles. The van der Waals surface area contributed by atoms with Gasteiger partial charge in [-0.3, -0.25) is 15.1 Å². The number of hydrogen-bond acceptors (Lipinski definition) is 5. The van der Waals surface area contributed by atoms with Gasteiger partial charge in [-0.15, -0.1) is 0 Å². The van der Waals surface area contributed by atoms with Crippen molar-refractivity contribution in [1.29, 1.82) is 0 Å². The number of benzene rings is 1. The normalized spacial score (nSPS) is 12.4. The lowest BCUT2D eigenvalue weighted by atomic mass is 9.90. The number of ether oxygens (including phenoxy) is 2. The molecule has 1 aromatic carbocycles. The second-order valence-corrected chi connectivity index (χ2v) is 6.92. The summed E-state index contributed by atoms with van der Waals surface area (Å²) in [4.78, 5) is 8.05. The number of alkyl halides is 3. The molecule has 0 spiro atoms. The highest BCUT2D eigenvalue weighted by Gasteiger charge is 2.43. The van der Waals surface area contributed by atoms with Crippen LogP contribution in [0.5, 0.6) is 11.5 Å². The highest BCUT2D eigenvalue weighted by Crippen LogP contribution is 2.43. The van der Waals surface area contributed by atoms with E-state index >= 15 is 0 Å². The van der Waals surface area contributed by atoms with Crippen molar-refractivity contribution in [1.82, 2.24) is 20.2 Å². The van der Waals surface area contributed by atoms with Crippen LogP contribution < -0.4 is 9.47 Å². The van der Waals surface area contributed by atoms with Gasteiger partial charge >= 0.3 is 6.18 Å². The molecule has 0 aliphatic carbocycles. The Balaban J connectivity index is 1.57. The topological polar surface area (TPSA) is 72.9 Å². The van der Waals surface area contributed by atoms with Crippen molar-refractivity contribution < 1.29 is 22.6 Å². The standard InChI is InChI=1S/C23H19F3N4O2/c1-31-20-3-2-10-28-19(20)14-32-17-6-4-16(5-7-17)22-18(13-29-30-22)21(23(24,25)26)15-8-11-27-12-9-15/h2-13,21H,14H2,1H3,(H,29,30). The second kappa shape index (κ2) is 9.09. The summed E-state index contributed by atoms with van der Waals surface area (Å²) in [5.74, 6) is -0.670. The first-order valence-corrected chi connectivity index (χ1v) is 9.68.